The molecular formula is C19H22FN3O2S. The van der Waals surface area contributed by atoms with E-state index in [9.17, 15) is 9.18 Å². The smallest absolute Gasteiger partial charge is 0.279 e. The van der Waals surface area contributed by atoms with E-state index in [1.807, 2.05) is 24.3 Å². The van der Waals surface area contributed by atoms with Gasteiger partial charge in [-0.05, 0) is 54.9 Å². The summed E-state index contributed by atoms with van der Waals surface area (Å²) in [7, 11) is 0. The van der Waals surface area contributed by atoms with E-state index in [1.54, 1.807) is 19.1 Å². The predicted molar refractivity (Wildman–Crippen MR) is 105 cm³/mol. The summed E-state index contributed by atoms with van der Waals surface area (Å²) >= 11 is 5.07. The number of carbonyl (C=O) groups excluding carboxylic acids is 1. The fourth-order valence-electron chi connectivity index (χ4n) is 2.26. The predicted octanol–water partition coefficient (Wildman–Crippen LogP) is 3.73. The van der Waals surface area contributed by atoms with Crippen molar-refractivity contribution in [1.29, 1.82) is 0 Å². The monoisotopic (exact) mass is 375 g/mol. The van der Waals surface area contributed by atoms with Gasteiger partial charge in [-0.25, -0.2) is 4.39 Å². The minimum absolute atomic E-state index is 0.138. The highest BCUT2D eigenvalue weighted by atomic mass is 32.1. The van der Waals surface area contributed by atoms with Gasteiger partial charge in [-0.2, -0.15) is 0 Å². The van der Waals surface area contributed by atoms with Gasteiger partial charge in [0.1, 0.15) is 11.6 Å². The summed E-state index contributed by atoms with van der Waals surface area (Å²) in [6.45, 7) is 5.77. The molecule has 5 nitrogen and oxygen atoms in total. The summed E-state index contributed by atoms with van der Waals surface area (Å²) in [5.74, 6) is 0.188. The van der Waals surface area contributed by atoms with Crippen molar-refractivity contribution in [2.45, 2.75) is 32.8 Å². The van der Waals surface area contributed by atoms with Gasteiger partial charge in [-0.1, -0.05) is 38.1 Å². The minimum Gasteiger partial charge on any atom is -0.481 e. The van der Waals surface area contributed by atoms with Crippen LogP contribution in [0.25, 0.3) is 0 Å². The first-order chi connectivity index (χ1) is 12.4. The van der Waals surface area contributed by atoms with Gasteiger partial charge in [0, 0.05) is 5.69 Å². The van der Waals surface area contributed by atoms with Crippen LogP contribution in [0.1, 0.15) is 32.3 Å². The first-order valence-corrected chi connectivity index (χ1v) is 8.65. The zero-order chi connectivity index (χ0) is 19.1. The van der Waals surface area contributed by atoms with Crippen molar-refractivity contribution in [3.8, 4) is 5.75 Å². The summed E-state index contributed by atoms with van der Waals surface area (Å²) in [4.78, 5) is 12.2. The Kier molecular flexibility index (Phi) is 6.91. The van der Waals surface area contributed by atoms with Gasteiger partial charge in [0.25, 0.3) is 5.91 Å². The number of hydrogen-bond acceptors (Lipinski definition) is 3. The second-order valence-corrected chi connectivity index (χ2v) is 6.44. The largest absolute Gasteiger partial charge is 0.481 e. The molecule has 2 aromatic carbocycles. The number of ether oxygens (including phenoxy) is 1. The zero-order valence-corrected chi connectivity index (χ0v) is 15.7. The van der Waals surface area contributed by atoms with E-state index < -0.39 is 6.10 Å². The Morgan fingerprint density at radius 1 is 1.08 bits per heavy atom. The quantitative estimate of drug-likeness (QED) is 0.549. The van der Waals surface area contributed by atoms with Gasteiger partial charge in [0.15, 0.2) is 11.2 Å². The molecule has 3 N–H and O–H groups in total. The fourth-order valence-corrected chi connectivity index (χ4v) is 2.43. The van der Waals surface area contributed by atoms with Gasteiger partial charge in [0.2, 0.25) is 0 Å². The topological polar surface area (TPSA) is 62.4 Å². The fraction of sp³-hybridized carbons (Fsp3) is 0.263. The molecule has 2 aromatic rings. The number of anilines is 1. The number of benzene rings is 2. The molecule has 0 saturated carbocycles. The highest BCUT2D eigenvalue weighted by molar-refractivity contribution is 7.80. The number of hydrogen-bond donors (Lipinski definition) is 3. The van der Waals surface area contributed by atoms with Crippen molar-refractivity contribution in [3.05, 3.63) is 59.9 Å². The maximum absolute atomic E-state index is 13.1. The number of para-hydroxylation sites is 1. The Labute approximate surface area is 157 Å². The lowest BCUT2D eigenvalue weighted by atomic mass is 10.0. The van der Waals surface area contributed by atoms with Gasteiger partial charge < -0.3 is 10.1 Å². The van der Waals surface area contributed by atoms with E-state index in [2.05, 4.69) is 30.0 Å². The van der Waals surface area contributed by atoms with Crippen molar-refractivity contribution in [3.63, 3.8) is 0 Å². The van der Waals surface area contributed by atoms with E-state index in [0.29, 0.717) is 11.4 Å². The lowest BCUT2D eigenvalue weighted by Crippen LogP contribution is -2.48. The normalized spacial score (nSPS) is 11.6. The van der Waals surface area contributed by atoms with E-state index in [0.717, 1.165) is 5.56 Å². The summed E-state index contributed by atoms with van der Waals surface area (Å²) in [6, 6.07) is 13.5. The van der Waals surface area contributed by atoms with Crippen molar-refractivity contribution in [1.82, 2.24) is 10.9 Å². The molecule has 2 rings (SSSR count). The lowest BCUT2D eigenvalue weighted by Gasteiger charge is -2.19. The summed E-state index contributed by atoms with van der Waals surface area (Å²) in [5, 5.41) is 2.91. The maximum atomic E-state index is 13.1. The van der Waals surface area contributed by atoms with Crippen LogP contribution in [0.15, 0.2) is 48.5 Å². The summed E-state index contributed by atoms with van der Waals surface area (Å²) in [5.41, 5.74) is 6.56. The molecule has 1 amide bonds. The first-order valence-electron chi connectivity index (χ1n) is 8.25. The number of nitrogens with one attached hydrogen (secondary N) is 3. The van der Waals surface area contributed by atoms with Crippen LogP contribution >= 0.6 is 12.2 Å². The third kappa shape index (κ3) is 5.70. The standard InChI is InChI=1S/C19H22FN3O2S/c1-12(2)16-9-4-5-10-17(16)25-13(3)18(24)22-23-19(26)21-15-8-6-7-14(20)11-15/h4-13H,1-3H3,(H,22,24)(H2,21,23,26). The van der Waals surface area contributed by atoms with Crippen LogP contribution in [0.5, 0.6) is 5.75 Å². The molecule has 0 saturated heterocycles. The Bertz CT molecular complexity index is 783. The third-order valence-electron chi connectivity index (χ3n) is 3.60. The molecule has 0 aliphatic heterocycles. The molecule has 1 unspecified atom stereocenters. The lowest BCUT2D eigenvalue weighted by molar-refractivity contribution is -0.127. The third-order valence-corrected chi connectivity index (χ3v) is 3.80. The van der Waals surface area contributed by atoms with Crippen molar-refractivity contribution in [2.75, 3.05) is 5.32 Å². The van der Waals surface area contributed by atoms with Gasteiger partial charge in [-0.15, -0.1) is 0 Å². The second kappa shape index (κ2) is 9.15. The first kappa shape index (κ1) is 19.7. The molecule has 0 fully saturated rings. The number of hydrazine groups is 1. The molecule has 26 heavy (non-hydrogen) atoms. The van der Waals surface area contributed by atoms with Crippen molar-refractivity contribution < 1.29 is 13.9 Å². The average molecular weight is 375 g/mol. The Balaban J connectivity index is 1.86. The molecule has 0 heterocycles. The minimum atomic E-state index is -0.723. The van der Waals surface area contributed by atoms with E-state index in [1.165, 1.54) is 12.1 Å². The van der Waals surface area contributed by atoms with Crippen LogP contribution in [-0.2, 0) is 4.79 Å². The highest BCUT2D eigenvalue weighted by Gasteiger charge is 2.17. The number of amides is 1. The molecule has 0 aliphatic carbocycles. The van der Waals surface area contributed by atoms with Crippen molar-refractivity contribution in [2.24, 2.45) is 0 Å². The highest BCUT2D eigenvalue weighted by Crippen LogP contribution is 2.26. The summed E-state index contributed by atoms with van der Waals surface area (Å²) in [6.07, 6.45) is -0.723. The molecule has 7 heteroatoms. The Morgan fingerprint density at radius 2 is 1.81 bits per heavy atom. The van der Waals surface area contributed by atoms with Crippen LogP contribution in [0, 0.1) is 5.82 Å². The number of carbonyl (C=O) groups is 1. The van der Waals surface area contributed by atoms with Crippen LogP contribution in [-0.4, -0.2) is 17.1 Å². The van der Waals surface area contributed by atoms with Gasteiger partial charge in [0.05, 0.1) is 0 Å². The molecule has 1 atom stereocenters. The maximum Gasteiger partial charge on any atom is 0.279 e. The summed E-state index contributed by atoms with van der Waals surface area (Å²) < 4.78 is 18.9. The molecular weight excluding hydrogens is 353 g/mol. The zero-order valence-electron chi connectivity index (χ0n) is 14.9. The molecule has 0 aromatic heterocycles. The SMILES string of the molecule is CC(Oc1ccccc1C(C)C)C(=O)NNC(=S)Nc1cccc(F)c1. The Morgan fingerprint density at radius 3 is 2.50 bits per heavy atom. The van der Waals surface area contributed by atoms with Crippen LogP contribution in [0.4, 0.5) is 10.1 Å². The second-order valence-electron chi connectivity index (χ2n) is 6.03. The molecule has 0 bridgehead atoms. The Hall–Kier alpha value is -2.67. The molecule has 0 radical (unpaired) electrons. The van der Waals surface area contributed by atoms with Crippen LogP contribution in [0.3, 0.4) is 0 Å². The van der Waals surface area contributed by atoms with Crippen LogP contribution < -0.4 is 20.9 Å². The number of thiocarbonyl (C=S) groups is 1. The molecule has 0 spiro atoms. The van der Waals surface area contributed by atoms with Crippen molar-refractivity contribution >= 4 is 28.9 Å². The van der Waals surface area contributed by atoms with E-state index in [-0.39, 0.29) is 22.8 Å². The number of rotatable bonds is 5. The van der Waals surface area contributed by atoms with Gasteiger partial charge in [-0.3, -0.25) is 15.6 Å². The van der Waals surface area contributed by atoms with E-state index >= 15 is 0 Å². The van der Waals surface area contributed by atoms with E-state index in [4.69, 9.17) is 17.0 Å². The van der Waals surface area contributed by atoms with Gasteiger partial charge >= 0.3 is 0 Å². The number of halogens is 1. The van der Waals surface area contributed by atoms with Crippen LogP contribution in [0.2, 0.25) is 0 Å². The average Bonchev–Trinajstić information content (AvgIpc) is 2.60. The molecule has 0 aliphatic rings. The molecule has 138 valence electrons.